The van der Waals surface area contributed by atoms with Crippen LogP contribution in [0.5, 0.6) is 0 Å². The Hall–Kier alpha value is -1.49. The third kappa shape index (κ3) is 6.29. The molecule has 104 valence electrons. The third-order valence-electron chi connectivity index (χ3n) is 2.63. The first-order valence-electron chi connectivity index (χ1n) is 6.12. The van der Waals surface area contributed by atoms with Gasteiger partial charge in [-0.15, -0.1) is 11.8 Å². The summed E-state index contributed by atoms with van der Waals surface area (Å²) in [5, 5.41) is 0. The minimum absolute atomic E-state index is 0.0683. The van der Waals surface area contributed by atoms with Gasteiger partial charge in [-0.1, -0.05) is 18.2 Å². The van der Waals surface area contributed by atoms with Crippen molar-refractivity contribution >= 4 is 23.6 Å². The van der Waals surface area contributed by atoms with Crippen LogP contribution in [0.25, 0.3) is 0 Å². The van der Waals surface area contributed by atoms with E-state index < -0.39 is 0 Å². The maximum Gasteiger partial charge on any atom is 0.305 e. The van der Waals surface area contributed by atoms with Crippen molar-refractivity contribution in [3.8, 4) is 0 Å². The van der Waals surface area contributed by atoms with Gasteiger partial charge in [-0.25, -0.2) is 0 Å². The first kappa shape index (κ1) is 15.6. The van der Waals surface area contributed by atoms with E-state index in [0.29, 0.717) is 25.1 Å². The largest absolute Gasteiger partial charge is 0.469 e. The van der Waals surface area contributed by atoms with Gasteiger partial charge in [0, 0.05) is 24.9 Å². The van der Waals surface area contributed by atoms with Gasteiger partial charge in [0.05, 0.1) is 12.9 Å². The molecule has 4 nitrogen and oxygen atoms in total. The summed E-state index contributed by atoms with van der Waals surface area (Å²) in [7, 11) is 3.12. The number of carbonyl (C=O) groups is 2. The fraction of sp³-hybridized carbons (Fsp3) is 0.429. The predicted octanol–water partition coefficient (Wildman–Crippen LogP) is 2.19. The Kier molecular flexibility index (Phi) is 7.03. The lowest BCUT2D eigenvalue weighted by molar-refractivity contribution is -0.141. The molecule has 0 saturated heterocycles. The number of thioether (sulfide) groups is 1. The topological polar surface area (TPSA) is 46.6 Å². The SMILES string of the molecule is COC(=O)CCCN(C)C(=O)CSc1ccccc1. The van der Waals surface area contributed by atoms with E-state index in [4.69, 9.17) is 0 Å². The molecule has 0 atom stereocenters. The number of nitrogens with zero attached hydrogens (tertiary/aromatic N) is 1. The average molecular weight is 281 g/mol. The number of hydrogen-bond donors (Lipinski definition) is 0. The van der Waals surface area contributed by atoms with Crippen LogP contribution < -0.4 is 0 Å². The second-order valence-electron chi connectivity index (χ2n) is 4.10. The van der Waals surface area contributed by atoms with E-state index in [-0.39, 0.29) is 11.9 Å². The smallest absolute Gasteiger partial charge is 0.305 e. The van der Waals surface area contributed by atoms with Gasteiger partial charge in [-0.3, -0.25) is 9.59 Å². The quantitative estimate of drug-likeness (QED) is 0.568. The van der Waals surface area contributed by atoms with Crippen molar-refractivity contribution in [1.82, 2.24) is 4.90 Å². The molecule has 0 aliphatic carbocycles. The van der Waals surface area contributed by atoms with Crippen LogP contribution in [0.3, 0.4) is 0 Å². The zero-order valence-corrected chi connectivity index (χ0v) is 12.1. The second-order valence-corrected chi connectivity index (χ2v) is 5.15. The first-order valence-corrected chi connectivity index (χ1v) is 7.10. The number of carbonyl (C=O) groups excluding carboxylic acids is 2. The van der Waals surface area contributed by atoms with Crippen molar-refractivity contribution in [2.24, 2.45) is 0 Å². The Labute approximate surface area is 118 Å². The van der Waals surface area contributed by atoms with Crippen LogP contribution in [0.4, 0.5) is 0 Å². The normalized spacial score (nSPS) is 10.0. The van der Waals surface area contributed by atoms with Gasteiger partial charge in [0.1, 0.15) is 0 Å². The van der Waals surface area contributed by atoms with Crippen molar-refractivity contribution in [3.63, 3.8) is 0 Å². The van der Waals surface area contributed by atoms with E-state index in [9.17, 15) is 9.59 Å². The van der Waals surface area contributed by atoms with Gasteiger partial charge in [0.25, 0.3) is 0 Å². The molecule has 1 amide bonds. The molecule has 19 heavy (non-hydrogen) atoms. The lowest BCUT2D eigenvalue weighted by Gasteiger charge is -2.16. The van der Waals surface area contributed by atoms with Crippen LogP contribution >= 0.6 is 11.8 Å². The molecule has 0 unspecified atom stereocenters. The molecule has 5 heteroatoms. The molecule has 0 saturated carbocycles. The van der Waals surface area contributed by atoms with E-state index in [0.717, 1.165) is 4.90 Å². The fourth-order valence-corrected chi connectivity index (χ4v) is 2.32. The number of amides is 1. The monoisotopic (exact) mass is 281 g/mol. The number of benzene rings is 1. The first-order chi connectivity index (χ1) is 9.13. The molecular formula is C14H19NO3S. The van der Waals surface area contributed by atoms with Crippen molar-refractivity contribution in [3.05, 3.63) is 30.3 Å². The third-order valence-corrected chi connectivity index (χ3v) is 3.63. The lowest BCUT2D eigenvalue weighted by atomic mass is 10.3. The van der Waals surface area contributed by atoms with Crippen LogP contribution in [-0.4, -0.2) is 43.2 Å². The van der Waals surface area contributed by atoms with Gasteiger partial charge < -0.3 is 9.64 Å². The number of ether oxygens (including phenoxy) is 1. The molecule has 0 heterocycles. The zero-order valence-electron chi connectivity index (χ0n) is 11.3. The zero-order chi connectivity index (χ0) is 14.1. The van der Waals surface area contributed by atoms with E-state index in [1.165, 1.54) is 18.9 Å². The highest BCUT2D eigenvalue weighted by Gasteiger charge is 2.10. The van der Waals surface area contributed by atoms with Crippen molar-refractivity contribution in [2.75, 3.05) is 26.5 Å². The van der Waals surface area contributed by atoms with Gasteiger partial charge in [0.15, 0.2) is 0 Å². The van der Waals surface area contributed by atoms with Crippen molar-refractivity contribution in [1.29, 1.82) is 0 Å². The summed E-state index contributed by atoms with van der Waals surface area (Å²) in [6, 6.07) is 9.81. The predicted molar refractivity (Wildman–Crippen MR) is 76.1 cm³/mol. The van der Waals surface area contributed by atoms with Gasteiger partial charge in [-0.2, -0.15) is 0 Å². The standard InChI is InChI=1S/C14H19NO3S/c1-15(10-6-9-14(17)18-2)13(16)11-19-12-7-4-3-5-8-12/h3-5,7-8H,6,9-11H2,1-2H3. The van der Waals surface area contributed by atoms with E-state index in [2.05, 4.69) is 4.74 Å². The summed E-state index contributed by atoms with van der Waals surface area (Å²) < 4.78 is 4.55. The minimum atomic E-state index is -0.237. The molecule has 0 aliphatic rings. The summed E-state index contributed by atoms with van der Waals surface area (Å²) in [5.74, 6) is 0.247. The Balaban J connectivity index is 2.23. The molecule has 0 aromatic heterocycles. The molecule has 0 spiro atoms. The van der Waals surface area contributed by atoms with Gasteiger partial charge >= 0.3 is 5.97 Å². The van der Waals surface area contributed by atoms with Crippen LogP contribution in [0.1, 0.15) is 12.8 Å². The van der Waals surface area contributed by atoms with Crippen LogP contribution in [-0.2, 0) is 14.3 Å². The summed E-state index contributed by atoms with van der Waals surface area (Å²) >= 11 is 1.52. The molecule has 0 radical (unpaired) electrons. The number of methoxy groups -OCH3 is 1. The highest BCUT2D eigenvalue weighted by Crippen LogP contribution is 2.17. The number of hydrogen-bond acceptors (Lipinski definition) is 4. The Bertz CT molecular complexity index is 408. The summed E-state index contributed by atoms with van der Waals surface area (Å²) in [5.41, 5.74) is 0. The van der Waals surface area contributed by atoms with Gasteiger partial charge in [0.2, 0.25) is 5.91 Å². The van der Waals surface area contributed by atoms with Crippen molar-refractivity contribution in [2.45, 2.75) is 17.7 Å². The number of esters is 1. The molecule has 1 aromatic carbocycles. The molecule has 0 fully saturated rings. The molecule has 0 bridgehead atoms. The Morgan fingerprint density at radius 1 is 1.26 bits per heavy atom. The van der Waals surface area contributed by atoms with Crippen LogP contribution in [0.15, 0.2) is 35.2 Å². The fourth-order valence-electron chi connectivity index (χ4n) is 1.46. The van der Waals surface area contributed by atoms with Crippen molar-refractivity contribution < 1.29 is 14.3 Å². The maximum absolute atomic E-state index is 11.9. The molecule has 1 aromatic rings. The number of rotatable bonds is 7. The summed E-state index contributed by atoms with van der Waals surface area (Å²) in [6.45, 7) is 0.573. The molecule has 1 rings (SSSR count). The molecular weight excluding hydrogens is 262 g/mol. The average Bonchev–Trinajstić information content (AvgIpc) is 2.45. The molecule has 0 aliphatic heterocycles. The highest BCUT2D eigenvalue weighted by atomic mass is 32.2. The molecule has 0 N–H and O–H groups in total. The minimum Gasteiger partial charge on any atom is -0.469 e. The Morgan fingerprint density at radius 3 is 2.58 bits per heavy atom. The van der Waals surface area contributed by atoms with Gasteiger partial charge in [-0.05, 0) is 18.6 Å². The highest BCUT2D eigenvalue weighted by molar-refractivity contribution is 8.00. The van der Waals surface area contributed by atoms with E-state index in [1.54, 1.807) is 11.9 Å². The van der Waals surface area contributed by atoms with E-state index >= 15 is 0 Å². The summed E-state index contributed by atoms with van der Waals surface area (Å²) in [6.07, 6.45) is 0.977. The van der Waals surface area contributed by atoms with Crippen LogP contribution in [0, 0.1) is 0 Å². The lowest BCUT2D eigenvalue weighted by Crippen LogP contribution is -2.29. The van der Waals surface area contributed by atoms with E-state index in [1.807, 2.05) is 30.3 Å². The second kappa shape index (κ2) is 8.58. The Morgan fingerprint density at radius 2 is 1.95 bits per heavy atom. The maximum atomic E-state index is 11.9. The van der Waals surface area contributed by atoms with Crippen LogP contribution in [0.2, 0.25) is 0 Å². The summed E-state index contributed by atoms with van der Waals surface area (Å²) in [4.78, 5) is 25.5.